The summed E-state index contributed by atoms with van der Waals surface area (Å²) < 4.78 is 5.95. The molecule has 0 aliphatic carbocycles. The SMILES string of the molecule is CCN1CC(=O)N(CCC(CC)(CC)CCCCOCCCCC(CC)(CC)CCCCO)C1=O. The fourth-order valence-electron chi connectivity index (χ4n) is 5.70. The molecule has 0 aromatic rings. The fourth-order valence-corrected chi connectivity index (χ4v) is 5.70. The third-order valence-corrected chi connectivity index (χ3v) is 8.98. The first-order chi connectivity index (χ1) is 16.9. The van der Waals surface area contributed by atoms with E-state index in [9.17, 15) is 9.59 Å². The quantitative estimate of drug-likeness (QED) is 0.132. The molecule has 0 atom stereocenters. The van der Waals surface area contributed by atoms with Crippen LogP contribution in [-0.2, 0) is 9.53 Å². The van der Waals surface area contributed by atoms with Gasteiger partial charge in [0.2, 0.25) is 5.91 Å². The molecule has 0 spiro atoms. The van der Waals surface area contributed by atoms with Crippen LogP contribution >= 0.6 is 0 Å². The molecule has 0 bridgehead atoms. The number of urea groups is 1. The predicted octanol–water partition coefficient (Wildman–Crippen LogP) is 6.79. The zero-order valence-corrected chi connectivity index (χ0v) is 23.7. The molecular formula is C29H56N2O4. The maximum absolute atomic E-state index is 12.4. The van der Waals surface area contributed by atoms with Gasteiger partial charge in [-0.1, -0.05) is 72.6 Å². The second-order valence-electron chi connectivity index (χ2n) is 10.7. The molecule has 0 saturated carbocycles. The predicted molar refractivity (Wildman–Crippen MR) is 144 cm³/mol. The van der Waals surface area contributed by atoms with Crippen molar-refractivity contribution < 1.29 is 19.4 Å². The minimum atomic E-state index is -0.118. The number of hydrogen-bond acceptors (Lipinski definition) is 4. The number of rotatable bonds is 22. The molecule has 0 aromatic carbocycles. The zero-order valence-electron chi connectivity index (χ0n) is 23.7. The number of hydrogen-bond donors (Lipinski definition) is 1. The van der Waals surface area contributed by atoms with Gasteiger partial charge < -0.3 is 14.7 Å². The first-order valence-corrected chi connectivity index (χ1v) is 14.6. The van der Waals surface area contributed by atoms with Crippen LogP contribution in [0.3, 0.4) is 0 Å². The van der Waals surface area contributed by atoms with E-state index in [2.05, 4.69) is 27.7 Å². The van der Waals surface area contributed by atoms with Crippen LogP contribution in [0.2, 0.25) is 0 Å². The molecule has 6 nitrogen and oxygen atoms in total. The number of carbonyl (C=O) groups excluding carboxylic acids is 2. The lowest BCUT2D eigenvalue weighted by molar-refractivity contribution is -0.125. The number of ether oxygens (including phenoxy) is 1. The van der Waals surface area contributed by atoms with Gasteiger partial charge in [0.15, 0.2) is 0 Å². The summed E-state index contributed by atoms with van der Waals surface area (Å²) in [4.78, 5) is 27.7. The van der Waals surface area contributed by atoms with Crippen LogP contribution < -0.4 is 0 Å². The molecular weight excluding hydrogens is 440 g/mol. The Morgan fingerprint density at radius 1 is 0.743 bits per heavy atom. The van der Waals surface area contributed by atoms with Crippen molar-refractivity contribution in [2.24, 2.45) is 10.8 Å². The Morgan fingerprint density at radius 3 is 1.66 bits per heavy atom. The Labute approximate surface area is 216 Å². The smallest absolute Gasteiger partial charge is 0.327 e. The minimum absolute atomic E-state index is 0.0494. The van der Waals surface area contributed by atoms with Crippen molar-refractivity contribution in [3.8, 4) is 0 Å². The summed E-state index contributed by atoms with van der Waals surface area (Å²) in [7, 11) is 0. The van der Waals surface area contributed by atoms with Gasteiger partial charge in [0.25, 0.3) is 0 Å². The molecule has 35 heavy (non-hydrogen) atoms. The van der Waals surface area contributed by atoms with E-state index in [0.717, 1.165) is 71.0 Å². The Hall–Kier alpha value is -1.14. The maximum atomic E-state index is 12.4. The van der Waals surface area contributed by atoms with E-state index in [1.54, 1.807) is 4.90 Å². The van der Waals surface area contributed by atoms with Gasteiger partial charge in [-0.15, -0.1) is 0 Å². The van der Waals surface area contributed by atoms with E-state index in [1.807, 2.05) is 6.92 Å². The summed E-state index contributed by atoms with van der Waals surface area (Å²) in [6.07, 6.45) is 15.7. The van der Waals surface area contributed by atoms with Gasteiger partial charge in [-0.05, 0) is 62.7 Å². The number of unbranched alkanes of at least 4 members (excludes halogenated alkanes) is 3. The summed E-state index contributed by atoms with van der Waals surface area (Å²) in [5, 5.41) is 9.08. The van der Waals surface area contributed by atoms with Crippen LogP contribution in [0.5, 0.6) is 0 Å². The van der Waals surface area contributed by atoms with Crippen LogP contribution in [0, 0.1) is 10.8 Å². The third kappa shape index (κ3) is 10.4. The summed E-state index contributed by atoms with van der Waals surface area (Å²) in [6.45, 7) is 14.4. The number of likely N-dealkylation sites (N-methyl/N-ethyl adjacent to an activating group) is 1. The van der Waals surface area contributed by atoms with Crippen molar-refractivity contribution in [3.05, 3.63) is 0 Å². The molecule has 6 heteroatoms. The van der Waals surface area contributed by atoms with Gasteiger partial charge in [-0.3, -0.25) is 9.69 Å². The topological polar surface area (TPSA) is 70.1 Å². The van der Waals surface area contributed by atoms with Crippen LogP contribution in [0.15, 0.2) is 0 Å². The summed E-state index contributed by atoms with van der Waals surface area (Å²) >= 11 is 0. The number of amides is 3. The second-order valence-corrected chi connectivity index (χ2v) is 10.7. The monoisotopic (exact) mass is 496 g/mol. The number of aliphatic hydroxyl groups excluding tert-OH is 1. The normalized spacial score (nSPS) is 15.0. The molecule has 3 amide bonds. The van der Waals surface area contributed by atoms with Gasteiger partial charge in [-0.2, -0.15) is 0 Å². The van der Waals surface area contributed by atoms with Crippen molar-refractivity contribution >= 4 is 11.9 Å². The van der Waals surface area contributed by atoms with Crippen LogP contribution in [0.25, 0.3) is 0 Å². The molecule has 1 rings (SSSR count). The lowest BCUT2D eigenvalue weighted by Gasteiger charge is -2.33. The second kappa shape index (κ2) is 17.3. The van der Waals surface area contributed by atoms with Crippen molar-refractivity contribution in [2.45, 2.75) is 125 Å². The molecule has 0 unspecified atom stereocenters. The average molecular weight is 497 g/mol. The minimum Gasteiger partial charge on any atom is -0.396 e. The van der Waals surface area contributed by atoms with E-state index in [0.29, 0.717) is 25.1 Å². The average Bonchev–Trinajstić information content (AvgIpc) is 3.16. The Balaban J connectivity index is 2.27. The summed E-state index contributed by atoms with van der Waals surface area (Å²) in [5.74, 6) is -0.0494. The summed E-state index contributed by atoms with van der Waals surface area (Å²) in [5.41, 5.74) is 0.637. The maximum Gasteiger partial charge on any atom is 0.327 e. The highest BCUT2D eigenvalue weighted by Crippen LogP contribution is 2.38. The van der Waals surface area contributed by atoms with E-state index in [1.165, 1.54) is 37.0 Å². The largest absolute Gasteiger partial charge is 0.396 e. The number of carbonyl (C=O) groups is 2. The van der Waals surface area contributed by atoms with Gasteiger partial charge in [0, 0.05) is 32.9 Å². The van der Waals surface area contributed by atoms with Gasteiger partial charge in [-0.25, -0.2) is 4.79 Å². The molecule has 1 saturated heterocycles. The van der Waals surface area contributed by atoms with Crippen molar-refractivity contribution in [2.75, 3.05) is 39.5 Å². The highest BCUT2D eigenvalue weighted by atomic mass is 16.5. The molecule has 1 aliphatic rings. The lowest BCUT2D eigenvalue weighted by atomic mass is 9.74. The van der Waals surface area contributed by atoms with Gasteiger partial charge in [0.1, 0.15) is 6.54 Å². The van der Waals surface area contributed by atoms with E-state index < -0.39 is 0 Å². The zero-order chi connectivity index (χ0) is 26.2. The van der Waals surface area contributed by atoms with Crippen molar-refractivity contribution in [1.29, 1.82) is 0 Å². The van der Waals surface area contributed by atoms with E-state index in [-0.39, 0.29) is 23.9 Å². The highest BCUT2D eigenvalue weighted by Gasteiger charge is 2.36. The first-order valence-electron chi connectivity index (χ1n) is 14.6. The Bertz CT molecular complexity index is 587. The molecule has 1 aliphatic heterocycles. The van der Waals surface area contributed by atoms with Gasteiger partial charge in [0.05, 0.1) is 0 Å². The number of aliphatic hydroxyl groups is 1. The third-order valence-electron chi connectivity index (χ3n) is 8.98. The molecule has 1 heterocycles. The van der Waals surface area contributed by atoms with Crippen LogP contribution in [-0.4, -0.2) is 66.3 Å². The molecule has 0 radical (unpaired) electrons. The Morgan fingerprint density at radius 2 is 1.23 bits per heavy atom. The van der Waals surface area contributed by atoms with E-state index >= 15 is 0 Å². The van der Waals surface area contributed by atoms with Crippen molar-refractivity contribution in [3.63, 3.8) is 0 Å². The van der Waals surface area contributed by atoms with Crippen molar-refractivity contribution in [1.82, 2.24) is 9.80 Å². The van der Waals surface area contributed by atoms with E-state index in [4.69, 9.17) is 9.84 Å². The number of nitrogens with zero attached hydrogens (tertiary/aromatic N) is 2. The Kier molecular flexibility index (Phi) is 15.8. The molecule has 1 N–H and O–H groups in total. The fraction of sp³-hybridized carbons (Fsp3) is 0.931. The molecule has 206 valence electrons. The van der Waals surface area contributed by atoms with Crippen LogP contribution in [0.1, 0.15) is 125 Å². The first kappa shape index (κ1) is 31.9. The standard InChI is InChI=1S/C29H56N2O4/c1-6-28(7-2,17-11-14-22-32)18-12-15-23-35-24-16-13-19-29(8-3,9-4)20-21-31-26(33)25-30(10-5)27(31)34/h32H,6-25H2,1-5H3. The molecule has 1 fully saturated rings. The van der Waals surface area contributed by atoms with Crippen LogP contribution in [0.4, 0.5) is 4.79 Å². The number of imide groups is 1. The molecule has 0 aromatic heterocycles. The highest BCUT2D eigenvalue weighted by molar-refractivity contribution is 6.01. The summed E-state index contributed by atoms with van der Waals surface area (Å²) in [6, 6.07) is -0.118. The lowest BCUT2D eigenvalue weighted by Crippen LogP contribution is -2.36. The van der Waals surface area contributed by atoms with Gasteiger partial charge >= 0.3 is 6.03 Å².